The van der Waals surface area contributed by atoms with Crippen LogP contribution < -0.4 is 5.32 Å². The van der Waals surface area contributed by atoms with Gasteiger partial charge in [-0.05, 0) is 30.0 Å². The summed E-state index contributed by atoms with van der Waals surface area (Å²) in [5, 5.41) is 14.2. The van der Waals surface area contributed by atoms with Gasteiger partial charge in [0.05, 0.1) is 6.42 Å². The lowest BCUT2D eigenvalue weighted by atomic mass is 10.1. The molecule has 2 aromatic carbocycles. The number of carbonyl (C=O) groups excluding carboxylic acids is 1. The zero-order valence-electron chi connectivity index (χ0n) is 13.0. The zero-order chi connectivity index (χ0) is 16.2. The van der Waals surface area contributed by atoms with E-state index in [2.05, 4.69) is 5.32 Å². The summed E-state index contributed by atoms with van der Waals surface area (Å²) in [6, 6.07) is 17.9. The molecule has 118 valence electrons. The van der Waals surface area contributed by atoms with Crippen molar-refractivity contribution in [2.45, 2.75) is 19.4 Å². The topological polar surface area (TPSA) is 49.3 Å². The molecule has 1 atom stereocenters. The number of aryl methyl sites for hydroxylation is 1. The molecular weight excluding hydrogens is 306 g/mol. The van der Waals surface area contributed by atoms with E-state index in [1.165, 1.54) is 0 Å². The van der Waals surface area contributed by atoms with Crippen LogP contribution in [0.2, 0.25) is 0 Å². The standard InChI is InChI=1S/C19H19NO2S/c1-13-5-4-6-14(9-13)10-19(22)20-12-16(21)18-11-15-7-2-3-8-17(15)23-18/h2-9,11,16,21H,10,12H2,1H3,(H,20,22). The van der Waals surface area contributed by atoms with Gasteiger partial charge in [0.2, 0.25) is 5.91 Å². The summed E-state index contributed by atoms with van der Waals surface area (Å²) in [5.74, 6) is -0.0734. The second-order valence-electron chi connectivity index (χ2n) is 5.67. The maximum absolute atomic E-state index is 12.0. The van der Waals surface area contributed by atoms with E-state index in [4.69, 9.17) is 0 Å². The molecular formula is C19H19NO2S. The maximum atomic E-state index is 12.0. The first-order valence-electron chi connectivity index (χ1n) is 7.60. The van der Waals surface area contributed by atoms with E-state index in [0.29, 0.717) is 6.42 Å². The predicted molar refractivity (Wildman–Crippen MR) is 94.7 cm³/mol. The lowest BCUT2D eigenvalue weighted by molar-refractivity contribution is -0.120. The lowest BCUT2D eigenvalue weighted by Gasteiger charge is -2.10. The van der Waals surface area contributed by atoms with Crippen molar-refractivity contribution in [3.63, 3.8) is 0 Å². The molecule has 1 unspecified atom stereocenters. The van der Waals surface area contributed by atoms with Gasteiger partial charge in [-0.15, -0.1) is 11.3 Å². The molecule has 1 amide bonds. The molecule has 23 heavy (non-hydrogen) atoms. The van der Waals surface area contributed by atoms with Crippen LogP contribution in [0.4, 0.5) is 0 Å². The van der Waals surface area contributed by atoms with Gasteiger partial charge in [-0.25, -0.2) is 0 Å². The number of amides is 1. The van der Waals surface area contributed by atoms with Gasteiger partial charge >= 0.3 is 0 Å². The first-order valence-corrected chi connectivity index (χ1v) is 8.42. The molecule has 3 rings (SSSR count). The predicted octanol–water partition coefficient (Wildman–Crippen LogP) is 3.60. The summed E-state index contributed by atoms with van der Waals surface area (Å²) in [4.78, 5) is 12.9. The molecule has 0 bridgehead atoms. The molecule has 0 spiro atoms. The minimum absolute atomic E-state index is 0.0734. The Balaban J connectivity index is 1.57. The molecule has 0 fully saturated rings. The molecule has 3 aromatic rings. The molecule has 2 N–H and O–H groups in total. The minimum Gasteiger partial charge on any atom is -0.386 e. The van der Waals surface area contributed by atoms with Crippen LogP contribution in [0.25, 0.3) is 10.1 Å². The smallest absolute Gasteiger partial charge is 0.224 e. The Labute approximate surface area is 139 Å². The van der Waals surface area contributed by atoms with E-state index < -0.39 is 6.10 Å². The number of nitrogens with one attached hydrogen (secondary N) is 1. The first-order chi connectivity index (χ1) is 11.1. The highest BCUT2D eigenvalue weighted by atomic mass is 32.1. The summed E-state index contributed by atoms with van der Waals surface area (Å²) in [6.45, 7) is 2.24. The first kappa shape index (κ1) is 15.7. The van der Waals surface area contributed by atoms with E-state index in [1.807, 2.05) is 61.5 Å². The molecule has 1 heterocycles. The van der Waals surface area contributed by atoms with Gasteiger partial charge in [0.15, 0.2) is 0 Å². The van der Waals surface area contributed by atoms with Gasteiger partial charge in [0.1, 0.15) is 6.10 Å². The van der Waals surface area contributed by atoms with Gasteiger partial charge in [-0.3, -0.25) is 4.79 Å². The summed E-state index contributed by atoms with van der Waals surface area (Å²) in [5.41, 5.74) is 2.12. The number of rotatable bonds is 5. The van der Waals surface area contributed by atoms with Crippen LogP contribution in [0.15, 0.2) is 54.6 Å². The van der Waals surface area contributed by atoms with E-state index in [9.17, 15) is 9.90 Å². The fraction of sp³-hybridized carbons (Fsp3) is 0.211. The van der Waals surface area contributed by atoms with Crippen molar-refractivity contribution in [2.75, 3.05) is 6.54 Å². The molecule has 0 radical (unpaired) electrons. The van der Waals surface area contributed by atoms with Crippen LogP contribution >= 0.6 is 11.3 Å². The van der Waals surface area contributed by atoms with Crippen molar-refractivity contribution in [1.29, 1.82) is 0 Å². The second kappa shape index (κ2) is 6.94. The highest BCUT2D eigenvalue weighted by molar-refractivity contribution is 7.19. The van der Waals surface area contributed by atoms with Crippen molar-refractivity contribution < 1.29 is 9.90 Å². The van der Waals surface area contributed by atoms with Crippen LogP contribution in [0, 0.1) is 6.92 Å². The molecule has 1 aromatic heterocycles. The van der Waals surface area contributed by atoms with Crippen molar-refractivity contribution in [1.82, 2.24) is 5.32 Å². The van der Waals surface area contributed by atoms with E-state index >= 15 is 0 Å². The average molecular weight is 325 g/mol. The number of hydrogen-bond acceptors (Lipinski definition) is 3. The number of benzene rings is 2. The quantitative estimate of drug-likeness (QED) is 0.753. The Kier molecular flexibility index (Phi) is 4.74. The maximum Gasteiger partial charge on any atom is 0.224 e. The molecule has 0 saturated carbocycles. The van der Waals surface area contributed by atoms with Gasteiger partial charge < -0.3 is 10.4 Å². The Hall–Kier alpha value is -2.17. The molecule has 3 nitrogen and oxygen atoms in total. The third-order valence-electron chi connectivity index (χ3n) is 3.71. The Morgan fingerprint density at radius 1 is 1.17 bits per heavy atom. The van der Waals surface area contributed by atoms with Crippen molar-refractivity contribution in [2.24, 2.45) is 0 Å². The van der Waals surface area contributed by atoms with Crippen LogP contribution in [0.1, 0.15) is 22.1 Å². The summed E-state index contributed by atoms with van der Waals surface area (Å²) in [7, 11) is 0. The second-order valence-corrected chi connectivity index (χ2v) is 6.79. The van der Waals surface area contributed by atoms with E-state index in [-0.39, 0.29) is 12.5 Å². The van der Waals surface area contributed by atoms with Gasteiger partial charge in [-0.2, -0.15) is 0 Å². The van der Waals surface area contributed by atoms with Crippen molar-refractivity contribution >= 4 is 27.3 Å². The SMILES string of the molecule is Cc1cccc(CC(=O)NCC(O)c2cc3ccccc3s2)c1. The van der Waals surface area contributed by atoms with Crippen molar-refractivity contribution in [3.05, 3.63) is 70.6 Å². The summed E-state index contributed by atoms with van der Waals surface area (Å²) >= 11 is 1.56. The summed E-state index contributed by atoms with van der Waals surface area (Å²) < 4.78 is 1.15. The zero-order valence-corrected chi connectivity index (χ0v) is 13.8. The fourth-order valence-corrected chi connectivity index (χ4v) is 3.60. The Bertz CT molecular complexity index is 792. The number of carbonyl (C=O) groups is 1. The van der Waals surface area contributed by atoms with Crippen LogP contribution in [0.5, 0.6) is 0 Å². The number of aliphatic hydroxyl groups is 1. The van der Waals surface area contributed by atoms with Gasteiger partial charge in [0.25, 0.3) is 0 Å². The molecule has 0 aliphatic heterocycles. The number of thiophene rings is 1. The van der Waals surface area contributed by atoms with E-state index in [0.717, 1.165) is 26.1 Å². The highest BCUT2D eigenvalue weighted by Crippen LogP contribution is 2.29. The molecule has 4 heteroatoms. The Morgan fingerprint density at radius 3 is 2.78 bits per heavy atom. The monoisotopic (exact) mass is 325 g/mol. The Morgan fingerprint density at radius 2 is 2.00 bits per heavy atom. The van der Waals surface area contributed by atoms with E-state index in [1.54, 1.807) is 11.3 Å². The van der Waals surface area contributed by atoms with Crippen LogP contribution in [0.3, 0.4) is 0 Å². The van der Waals surface area contributed by atoms with Gasteiger partial charge in [0, 0.05) is 16.1 Å². The normalized spacial score (nSPS) is 12.3. The fourth-order valence-electron chi connectivity index (χ4n) is 2.55. The van der Waals surface area contributed by atoms with Gasteiger partial charge in [-0.1, -0.05) is 48.0 Å². The van der Waals surface area contributed by atoms with Crippen LogP contribution in [-0.4, -0.2) is 17.6 Å². The lowest BCUT2D eigenvalue weighted by Crippen LogP contribution is -2.29. The number of aliphatic hydroxyl groups excluding tert-OH is 1. The number of hydrogen-bond donors (Lipinski definition) is 2. The molecule has 0 aliphatic rings. The van der Waals surface area contributed by atoms with Crippen molar-refractivity contribution in [3.8, 4) is 0 Å². The van der Waals surface area contributed by atoms with Crippen LogP contribution in [-0.2, 0) is 11.2 Å². The molecule has 0 saturated heterocycles. The largest absolute Gasteiger partial charge is 0.386 e. The third-order valence-corrected chi connectivity index (χ3v) is 4.93. The molecule has 0 aliphatic carbocycles. The average Bonchev–Trinajstić information content (AvgIpc) is 2.97. The third kappa shape index (κ3) is 3.97. The highest BCUT2D eigenvalue weighted by Gasteiger charge is 2.13. The minimum atomic E-state index is -0.672. The summed E-state index contributed by atoms with van der Waals surface area (Å²) in [6.07, 6.45) is -0.338. The number of fused-ring (bicyclic) bond motifs is 1.